The molecule has 0 fully saturated rings. The monoisotopic (exact) mass is 447 g/mol. The fourth-order valence-corrected chi connectivity index (χ4v) is 1.77. The summed E-state index contributed by atoms with van der Waals surface area (Å²) in [6.07, 6.45) is 0.888. The fourth-order valence-electron chi connectivity index (χ4n) is 1.77. The molecule has 178 valence electrons. The highest BCUT2D eigenvalue weighted by molar-refractivity contribution is 5.82. The number of ether oxygens (including phenoxy) is 4. The summed E-state index contributed by atoms with van der Waals surface area (Å²) in [4.78, 5) is 26.6. The molecule has 0 aliphatic heterocycles. The van der Waals surface area contributed by atoms with Crippen molar-refractivity contribution in [2.24, 2.45) is 16.0 Å². The van der Waals surface area contributed by atoms with E-state index in [-0.39, 0.29) is 18.6 Å². The summed E-state index contributed by atoms with van der Waals surface area (Å²) < 4.78 is 20.4. The highest BCUT2D eigenvalue weighted by Gasteiger charge is 2.05. The number of carbonyl (C=O) groups is 2. The molecule has 0 unspecified atom stereocenters. The van der Waals surface area contributed by atoms with E-state index in [9.17, 15) is 9.59 Å². The molecule has 0 radical (unpaired) electrons. The third kappa shape index (κ3) is 32.4. The Morgan fingerprint density at radius 3 is 1.68 bits per heavy atom. The number of hydrogen-bond donors (Lipinski definition) is 2. The van der Waals surface area contributed by atoms with Gasteiger partial charge in [-0.1, -0.05) is 10.2 Å². The van der Waals surface area contributed by atoms with Crippen molar-refractivity contribution in [3.8, 4) is 0 Å². The van der Waals surface area contributed by atoms with Crippen LogP contribution in [0, 0.1) is 0 Å². The Balaban J connectivity index is 0. The Morgan fingerprint density at radius 2 is 1.23 bits per heavy atom. The summed E-state index contributed by atoms with van der Waals surface area (Å²) >= 11 is 0. The van der Waals surface area contributed by atoms with E-state index in [1.165, 1.54) is 0 Å². The molecule has 0 spiro atoms. The van der Waals surface area contributed by atoms with Crippen molar-refractivity contribution >= 4 is 11.8 Å². The van der Waals surface area contributed by atoms with Crippen LogP contribution in [0.15, 0.2) is 10.2 Å². The average molecular weight is 447 g/mol. The largest absolute Gasteiger partial charge is 0.481 e. The second kappa shape index (κ2) is 27.6. The van der Waals surface area contributed by atoms with E-state index in [0.717, 1.165) is 0 Å². The van der Waals surface area contributed by atoms with Crippen LogP contribution in [0.1, 0.15) is 25.7 Å². The second-order valence-corrected chi connectivity index (χ2v) is 5.68. The van der Waals surface area contributed by atoms with Gasteiger partial charge in [0.1, 0.15) is 5.78 Å². The normalized spacial score (nSPS) is 9.71. The molecule has 0 saturated heterocycles. The number of azide groups is 2. The van der Waals surface area contributed by atoms with Crippen LogP contribution in [0.3, 0.4) is 0 Å². The van der Waals surface area contributed by atoms with Crippen LogP contribution in [-0.2, 0) is 28.5 Å². The molecular formula is C17H33N7O7. The molecule has 0 aromatic rings. The van der Waals surface area contributed by atoms with Gasteiger partial charge in [0.15, 0.2) is 0 Å². The Kier molecular flexibility index (Phi) is 27.3. The van der Waals surface area contributed by atoms with E-state index < -0.39 is 5.97 Å². The van der Waals surface area contributed by atoms with Crippen LogP contribution < -0.4 is 5.73 Å². The molecule has 14 heteroatoms. The van der Waals surface area contributed by atoms with Gasteiger partial charge in [-0.15, -0.1) is 0 Å². The zero-order valence-electron chi connectivity index (χ0n) is 17.8. The van der Waals surface area contributed by atoms with Crippen molar-refractivity contribution in [1.82, 2.24) is 0 Å². The molecule has 0 aromatic carbocycles. The maximum atomic E-state index is 11.2. The number of carbonyl (C=O) groups excluding carboxylic acids is 1. The smallest absolute Gasteiger partial charge is 0.303 e. The predicted molar refractivity (Wildman–Crippen MR) is 111 cm³/mol. The lowest BCUT2D eigenvalue weighted by molar-refractivity contribution is -0.138. The first-order valence-corrected chi connectivity index (χ1v) is 9.84. The van der Waals surface area contributed by atoms with Gasteiger partial charge in [0, 0.05) is 48.9 Å². The fraction of sp³-hybridized carbons (Fsp3) is 0.882. The topological polar surface area (TPSA) is 215 Å². The van der Waals surface area contributed by atoms with E-state index >= 15 is 0 Å². The van der Waals surface area contributed by atoms with Crippen molar-refractivity contribution in [1.29, 1.82) is 0 Å². The lowest BCUT2D eigenvalue weighted by Gasteiger charge is -2.04. The van der Waals surface area contributed by atoms with E-state index in [1.54, 1.807) is 0 Å². The van der Waals surface area contributed by atoms with Crippen molar-refractivity contribution in [3.05, 3.63) is 20.9 Å². The molecule has 14 nitrogen and oxygen atoms in total. The molecule has 3 N–H and O–H groups in total. The van der Waals surface area contributed by atoms with Gasteiger partial charge < -0.3 is 29.8 Å². The molecule has 0 atom stereocenters. The minimum Gasteiger partial charge on any atom is -0.481 e. The summed E-state index contributed by atoms with van der Waals surface area (Å²) in [7, 11) is 0. The van der Waals surface area contributed by atoms with E-state index in [4.69, 9.17) is 40.8 Å². The summed E-state index contributed by atoms with van der Waals surface area (Å²) in [5.74, 6) is -1.01. The maximum absolute atomic E-state index is 11.2. The number of carboxylic acids is 1. The minimum atomic E-state index is -0.956. The van der Waals surface area contributed by atoms with Gasteiger partial charge >= 0.3 is 5.97 Å². The molecule has 0 heterocycles. The summed E-state index contributed by atoms with van der Waals surface area (Å²) in [5.41, 5.74) is 21.1. The molecule has 0 aliphatic carbocycles. The van der Waals surface area contributed by atoms with Crippen molar-refractivity contribution < 1.29 is 33.6 Å². The minimum absolute atomic E-state index is 0.0587. The van der Waals surface area contributed by atoms with Gasteiger partial charge in [-0.2, -0.15) is 0 Å². The Hall–Kier alpha value is -2.44. The number of nitrogens with two attached hydrogens (primary N) is 1. The third-order valence-corrected chi connectivity index (χ3v) is 3.17. The van der Waals surface area contributed by atoms with Crippen molar-refractivity contribution in [3.63, 3.8) is 0 Å². The number of aliphatic carboxylic acids is 1. The van der Waals surface area contributed by atoms with Crippen LogP contribution >= 0.6 is 0 Å². The molecule has 0 rings (SSSR count). The molecule has 0 amide bonds. The third-order valence-electron chi connectivity index (χ3n) is 3.17. The Labute approximate surface area is 181 Å². The molecule has 0 bridgehead atoms. The summed E-state index contributed by atoms with van der Waals surface area (Å²) in [6.45, 7) is 4.87. The first-order valence-electron chi connectivity index (χ1n) is 9.84. The SMILES string of the molecule is [N-]=[N+]=NCCOCCOCCCC(=O)CCC(=O)O.[N-]=[N+]=NCCOCCOCCN. The van der Waals surface area contributed by atoms with E-state index in [2.05, 4.69) is 20.1 Å². The molecule has 0 aliphatic rings. The van der Waals surface area contributed by atoms with Crippen LogP contribution in [0.5, 0.6) is 0 Å². The maximum Gasteiger partial charge on any atom is 0.303 e. The number of nitrogens with zero attached hydrogens (tertiary/aromatic N) is 6. The zero-order chi connectivity index (χ0) is 23.4. The van der Waals surface area contributed by atoms with E-state index in [1.807, 2.05) is 0 Å². The Bertz CT molecular complexity index is 539. The number of Topliss-reactive ketones (excluding diaryl/α,β-unsaturated/α-hetero) is 1. The van der Waals surface area contributed by atoms with Gasteiger partial charge in [-0.25, -0.2) is 0 Å². The van der Waals surface area contributed by atoms with Crippen LogP contribution in [0.25, 0.3) is 20.9 Å². The quantitative estimate of drug-likeness (QED) is 0.114. The van der Waals surface area contributed by atoms with Gasteiger partial charge in [0.2, 0.25) is 0 Å². The van der Waals surface area contributed by atoms with Gasteiger partial charge in [-0.05, 0) is 17.5 Å². The van der Waals surface area contributed by atoms with Crippen molar-refractivity contribution in [2.75, 3.05) is 72.5 Å². The molecular weight excluding hydrogens is 414 g/mol. The number of hydrogen-bond acceptors (Lipinski definition) is 9. The molecule has 0 saturated carbocycles. The Morgan fingerprint density at radius 1 is 0.742 bits per heavy atom. The number of carboxylic acid groups (broad SMARTS) is 1. The second-order valence-electron chi connectivity index (χ2n) is 5.68. The highest BCUT2D eigenvalue weighted by atomic mass is 16.5. The van der Waals surface area contributed by atoms with Crippen molar-refractivity contribution in [2.45, 2.75) is 25.7 Å². The lowest BCUT2D eigenvalue weighted by atomic mass is 10.1. The van der Waals surface area contributed by atoms with Crippen LogP contribution in [-0.4, -0.2) is 89.3 Å². The van der Waals surface area contributed by atoms with Gasteiger partial charge in [0.05, 0.1) is 52.7 Å². The first kappa shape index (κ1) is 30.8. The van der Waals surface area contributed by atoms with E-state index in [0.29, 0.717) is 85.3 Å². The number of ketones is 1. The molecule has 31 heavy (non-hydrogen) atoms. The van der Waals surface area contributed by atoms with Crippen LogP contribution in [0.4, 0.5) is 0 Å². The highest BCUT2D eigenvalue weighted by Crippen LogP contribution is 1.99. The predicted octanol–water partition coefficient (Wildman–Crippen LogP) is 1.83. The van der Waals surface area contributed by atoms with Gasteiger partial charge in [0.25, 0.3) is 0 Å². The average Bonchev–Trinajstić information content (AvgIpc) is 2.76. The molecule has 0 aromatic heterocycles. The zero-order valence-corrected chi connectivity index (χ0v) is 17.8. The summed E-state index contributed by atoms with van der Waals surface area (Å²) in [5, 5.41) is 15.0. The van der Waals surface area contributed by atoms with Crippen LogP contribution in [0.2, 0.25) is 0 Å². The number of rotatable bonds is 21. The van der Waals surface area contributed by atoms with Gasteiger partial charge in [-0.3, -0.25) is 9.59 Å². The first-order chi connectivity index (χ1) is 15.1. The summed E-state index contributed by atoms with van der Waals surface area (Å²) in [6, 6.07) is 0. The standard InChI is InChI=1S/C11H19N3O5.C6H14N4O2/c12-14-13-5-7-19-9-8-18-6-1-2-10(15)3-4-11(16)17;7-1-3-11-5-6-12-4-2-9-10-8/h1-9H2,(H,16,17);1-7H2. The lowest BCUT2D eigenvalue weighted by Crippen LogP contribution is -2.12.